The summed E-state index contributed by atoms with van der Waals surface area (Å²) in [6, 6.07) is 8.72. The maximum absolute atomic E-state index is 12.4. The Morgan fingerprint density at radius 1 is 1.13 bits per heavy atom. The van der Waals surface area contributed by atoms with Crippen molar-refractivity contribution in [3.8, 4) is 28.4 Å². The number of cyclic esters (lactones) is 1. The second-order valence-corrected chi connectivity index (χ2v) is 7.45. The van der Waals surface area contributed by atoms with E-state index in [0.717, 1.165) is 17.5 Å². The van der Waals surface area contributed by atoms with Crippen LogP contribution in [-0.2, 0) is 20.9 Å². The van der Waals surface area contributed by atoms with E-state index in [1.54, 1.807) is 24.3 Å². The Bertz CT molecular complexity index is 1050. The molecule has 1 saturated carbocycles. The van der Waals surface area contributed by atoms with Crippen molar-refractivity contribution in [1.82, 2.24) is 0 Å². The Kier molecular flexibility index (Phi) is 4.64. The maximum atomic E-state index is 12.4. The highest BCUT2D eigenvalue weighted by Gasteiger charge is 2.46. The van der Waals surface area contributed by atoms with Gasteiger partial charge in [0.1, 0.15) is 18.6 Å². The molecule has 0 bridgehead atoms. The van der Waals surface area contributed by atoms with Gasteiger partial charge in [-0.3, -0.25) is 4.79 Å². The van der Waals surface area contributed by atoms with Crippen molar-refractivity contribution in [3.05, 3.63) is 41.5 Å². The third-order valence-electron chi connectivity index (χ3n) is 5.83. The molecule has 1 fully saturated rings. The average Bonchev–Trinajstić information content (AvgIpc) is 3.13. The molecule has 0 spiro atoms. The van der Waals surface area contributed by atoms with Crippen LogP contribution in [0.4, 0.5) is 0 Å². The second-order valence-electron chi connectivity index (χ2n) is 7.45. The molecule has 2 aromatic rings. The van der Waals surface area contributed by atoms with E-state index in [1.807, 2.05) is 6.07 Å². The van der Waals surface area contributed by atoms with Crippen LogP contribution in [0.1, 0.15) is 37.9 Å². The summed E-state index contributed by atoms with van der Waals surface area (Å²) in [6.07, 6.45) is 2.19. The highest BCUT2D eigenvalue weighted by molar-refractivity contribution is 5.94. The number of ether oxygens (including phenoxy) is 5. The number of hydrogen-bond donors (Lipinski definition) is 0. The van der Waals surface area contributed by atoms with Gasteiger partial charge in [0.25, 0.3) is 0 Å². The van der Waals surface area contributed by atoms with Crippen molar-refractivity contribution in [1.29, 1.82) is 0 Å². The topological polar surface area (TPSA) is 80.3 Å². The molecule has 2 aromatic carbocycles. The lowest BCUT2D eigenvalue weighted by atomic mass is 9.69. The van der Waals surface area contributed by atoms with E-state index in [-0.39, 0.29) is 36.7 Å². The molecule has 0 radical (unpaired) electrons. The number of hydrogen-bond acceptors (Lipinski definition) is 7. The second kappa shape index (κ2) is 7.89. The Labute approximate surface area is 177 Å². The van der Waals surface area contributed by atoms with Crippen molar-refractivity contribution in [2.75, 3.05) is 27.9 Å². The van der Waals surface area contributed by atoms with E-state index in [4.69, 9.17) is 26.4 Å². The summed E-state index contributed by atoms with van der Waals surface area (Å²) >= 11 is 0. The predicted molar refractivity (Wildman–Crippen MR) is 108 cm³/mol. The molecule has 0 aromatic heterocycles. The smallest absolute Gasteiger partial charge is 0.338 e. The van der Waals surface area contributed by atoms with Gasteiger partial charge in [0.2, 0.25) is 5.75 Å². The molecule has 30 heavy (non-hydrogen) atoms. The Hall–Kier alpha value is -3.22. The number of rotatable bonds is 7. The lowest BCUT2D eigenvalue weighted by molar-refractivity contribution is -0.161. The third kappa shape index (κ3) is 3.24. The minimum atomic E-state index is -1.62. The van der Waals surface area contributed by atoms with E-state index in [9.17, 15) is 9.59 Å². The van der Waals surface area contributed by atoms with E-state index < -0.39 is 12.5 Å². The Balaban J connectivity index is 1.78. The largest absolute Gasteiger partial charge is 0.493 e. The molecule has 0 N–H and O–H groups in total. The third-order valence-corrected chi connectivity index (χ3v) is 5.83. The van der Waals surface area contributed by atoms with Crippen LogP contribution in [0.5, 0.6) is 17.2 Å². The van der Waals surface area contributed by atoms with E-state index in [0.29, 0.717) is 29.7 Å². The van der Waals surface area contributed by atoms with Gasteiger partial charge < -0.3 is 23.7 Å². The minimum Gasteiger partial charge on any atom is -0.493 e. The zero-order valence-electron chi connectivity index (χ0n) is 18.9. The van der Waals surface area contributed by atoms with Crippen LogP contribution in [-0.4, -0.2) is 39.8 Å². The first kappa shape index (κ1) is 17.6. The molecule has 7 nitrogen and oxygen atoms in total. The molecule has 158 valence electrons. The zero-order chi connectivity index (χ0) is 22.9. The van der Waals surface area contributed by atoms with E-state index in [2.05, 4.69) is 0 Å². The van der Waals surface area contributed by atoms with Crippen LogP contribution in [0.15, 0.2) is 30.3 Å². The van der Waals surface area contributed by atoms with Crippen molar-refractivity contribution in [3.63, 3.8) is 0 Å². The van der Waals surface area contributed by atoms with Crippen LogP contribution >= 0.6 is 0 Å². The first-order valence-corrected chi connectivity index (χ1v) is 9.62. The molecule has 2 aliphatic rings. The van der Waals surface area contributed by atoms with Gasteiger partial charge in [-0.1, -0.05) is 12.5 Å². The van der Waals surface area contributed by atoms with Gasteiger partial charge in [-0.15, -0.1) is 0 Å². The van der Waals surface area contributed by atoms with Crippen LogP contribution in [0.2, 0.25) is 0 Å². The summed E-state index contributed by atoms with van der Waals surface area (Å²) < 4.78 is 42.2. The molecular formula is C23H24O7. The molecule has 4 rings (SSSR count). The standard InChI is InChI=1S/C23H24O7/c1-26-18-8-7-16(14-5-6-17-15(11-14)12-29-21(17)24)19(20(18)27-2)30-13-23(9-4-10-23)22(25)28-3/h5-8,11H,4,9-10,12-13H2,1-3H3/i2D2. The number of benzene rings is 2. The monoisotopic (exact) mass is 414 g/mol. The van der Waals surface area contributed by atoms with Gasteiger partial charge in [-0.05, 0) is 42.7 Å². The summed E-state index contributed by atoms with van der Waals surface area (Å²) in [5, 5.41) is 0. The van der Waals surface area contributed by atoms with Crippen LogP contribution < -0.4 is 14.2 Å². The SMILES string of the molecule is [2H]C([2H])Oc1c(OC)ccc(-c2ccc3c(c2)COC3=O)c1OCC1(C(=O)OC)CCC1. The summed E-state index contributed by atoms with van der Waals surface area (Å²) in [5.41, 5.74) is 1.87. The first-order chi connectivity index (χ1) is 15.4. The number of fused-ring (bicyclic) bond motifs is 1. The van der Waals surface area contributed by atoms with Gasteiger partial charge in [-0.25, -0.2) is 4.79 Å². The van der Waals surface area contributed by atoms with Crippen LogP contribution in [0.25, 0.3) is 11.1 Å². The van der Waals surface area contributed by atoms with Gasteiger partial charge in [-0.2, -0.15) is 0 Å². The van der Waals surface area contributed by atoms with E-state index >= 15 is 0 Å². The average molecular weight is 414 g/mol. The molecule has 0 saturated heterocycles. The van der Waals surface area contributed by atoms with E-state index in [1.165, 1.54) is 14.2 Å². The zero-order valence-corrected chi connectivity index (χ0v) is 16.9. The Morgan fingerprint density at radius 3 is 2.60 bits per heavy atom. The fraction of sp³-hybridized carbons (Fsp3) is 0.391. The lowest BCUT2D eigenvalue weighted by Gasteiger charge is -2.38. The number of methoxy groups -OCH3 is 3. The summed E-state index contributed by atoms with van der Waals surface area (Å²) in [5.74, 6) is -0.0317. The van der Waals surface area contributed by atoms with Gasteiger partial charge in [0.05, 0.1) is 29.6 Å². The normalized spacial score (nSPS) is 17.2. The Morgan fingerprint density at radius 2 is 1.93 bits per heavy atom. The number of esters is 2. The molecular weight excluding hydrogens is 388 g/mol. The summed E-state index contributed by atoms with van der Waals surface area (Å²) in [6.45, 7) is 0.244. The molecule has 1 aliphatic carbocycles. The van der Waals surface area contributed by atoms with Gasteiger partial charge >= 0.3 is 11.9 Å². The van der Waals surface area contributed by atoms with Gasteiger partial charge in [0.15, 0.2) is 11.5 Å². The van der Waals surface area contributed by atoms with Crippen molar-refractivity contribution in [2.45, 2.75) is 25.9 Å². The summed E-state index contributed by atoms with van der Waals surface area (Å²) in [4.78, 5) is 24.2. The van der Waals surface area contributed by atoms with Crippen molar-refractivity contribution < 1.29 is 36.0 Å². The number of carbonyl (C=O) groups excluding carboxylic acids is 2. The highest BCUT2D eigenvalue weighted by atomic mass is 16.5. The first-order valence-electron chi connectivity index (χ1n) is 10.8. The quantitative estimate of drug-likeness (QED) is 0.638. The minimum absolute atomic E-state index is 0.0589. The highest BCUT2D eigenvalue weighted by Crippen LogP contribution is 2.48. The fourth-order valence-corrected chi connectivity index (χ4v) is 3.93. The van der Waals surface area contributed by atoms with Gasteiger partial charge in [0, 0.05) is 11.1 Å². The molecule has 7 heteroatoms. The molecule has 0 atom stereocenters. The molecule has 0 amide bonds. The van der Waals surface area contributed by atoms with Crippen molar-refractivity contribution in [2.24, 2.45) is 5.41 Å². The molecule has 1 aliphatic heterocycles. The molecule has 0 unspecified atom stereocenters. The fourth-order valence-electron chi connectivity index (χ4n) is 3.93. The van der Waals surface area contributed by atoms with Crippen LogP contribution in [0.3, 0.4) is 0 Å². The van der Waals surface area contributed by atoms with Crippen LogP contribution in [0, 0.1) is 5.41 Å². The predicted octanol–water partition coefficient (Wildman–Crippen LogP) is 3.76. The number of carbonyl (C=O) groups is 2. The summed E-state index contributed by atoms with van der Waals surface area (Å²) in [7, 11) is 1.19. The lowest BCUT2D eigenvalue weighted by Crippen LogP contribution is -2.44. The maximum Gasteiger partial charge on any atom is 0.338 e. The van der Waals surface area contributed by atoms with Crippen molar-refractivity contribution >= 4 is 11.9 Å². The molecule has 1 heterocycles.